The number of nitrogens with zero attached hydrogens (tertiary/aromatic N) is 3. The summed E-state index contributed by atoms with van der Waals surface area (Å²) < 4.78 is 7.85. The largest absolute Gasteiger partial charge is 0.489 e. The quantitative estimate of drug-likeness (QED) is 0.207. The van der Waals surface area contributed by atoms with Crippen molar-refractivity contribution in [2.24, 2.45) is 0 Å². The van der Waals surface area contributed by atoms with Gasteiger partial charge < -0.3 is 9.84 Å². The van der Waals surface area contributed by atoms with Gasteiger partial charge in [-0.05, 0) is 48.5 Å². The SMILES string of the molecule is O=C(O)CN1C(=O)C(=Cc2cn(-c3ccccc3)nc2-c2ccc(OCc3ccccc3Cl)cc2)SC1=S. The maximum Gasteiger partial charge on any atom is 0.323 e. The molecule has 1 N–H and O–H groups in total. The molecular formula is C28H20ClN3O4S2. The van der Waals surface area contributed by atoms with E-state index in [0.717, 1.165) is 33.5 Å². The fourth-order valence-corrected chi connectivity index (χ4v) is 5.26. The number of amides is 1. The molecule has 10 heteroatoms. The van der Waals surface area contributed by atoms with Gasteiger partial charge in [0.25, 0.3) is 5.91 Å². The minimum atomic E-state index is -1.13. The third kappa shape index (κ3) is 5.65. The first-order valence-electron chi connectivity index (χ1n) is 11.5. The second-order valence-corrected chi connectivity index (χ2v) is 10.4. The van der Waals surface area contributed by atoms with Gasteiger partial charge in [-0.15, -0.1) is 0 Å². The maximum absolute atomic E-state index is 12.9. The van der Waals surface area contributed by atoms with Crippen LogP contribution in [-0.2, 0) is 16.2 Å². The molecule has 5 rings (SSSR count). The Hall–Kier alpha value is -3.92. The highest BCUT2D eigenvalue weighted by Crippen LogP contribution is 2.35. The molecule has 2 heterocycles. The lowest BCUT2D eigenvalue weighted by molar-refractivity contribution is -0.140. The minimum absolute atomic E-state index is 0.209. The van der Waals surface area contributed by atoms with Gasteiger partial charge in [0.15, 0.2) is 0 Å². The number of hydrogen-bond donors (Lipinski definition) is 1. The third-order valence-electron chi connectivity index (χ3n) is 5.70. The summed E-state index contributed by atoms with van der Waals surface area (Å²) in [6.45, 7) is -0.140. The number of carbonyl (C=O) groups is 2. The molecule has 0 saturated carbocycles. The van der Waals surface area contributed by atoms with Crippen LogP contribution in [-0.4, -0.2) is 42.5 Å². The Morgan fingerprint density at radius 2 is 1.76 bits per heavy atom. The van der Waals surface area contributed by atoms with Gasteiger partial charge in [0, 0.05) is 27.9 Å². The molecule has 1 aromatic heterocycles. The van der Waals surface area contributed by atoms with Gasteiger partial charge in [-0.1, -0.05) is 72.0 Å². The molecule has 7 nitrogen and oxygen atoms in total. The predicted molar refractivity (Wildman–Crippen MR) is 152 cm³/mol. The van der Waals surface area contributed by atoms with Crippen molar-refractivity contribution in [3.8, 4) is 22.7 Å². The van der Waals surface area contributed by atoms with Crippen molar-refractivity contribution in [3.63, 3.8) is 0 Å². The summed E-state index contributed by atoms with van der Waals surface area (Å²) in [4.78, 5) is 25.5. The van der Waals surface area contributed by atoms with Crippen molar-refractivity contribution in [1.29, 1.82) is 0 Å². The molecule has 1 amide bonds. The molecule has 0 radical (unpaired) electrons. The zero-order chi connectivity index (χ0) is 26.6. The Balaban J connectivity index is 1.46. The van der Waals surface area contributed by atoms with Gasteiger partial charge in [0.2, 0.25) is 0 Å². The van der Waals surface area contributed by atoms with Crippen LogP contribution in [0.4, 0.5) is 0 Å². The number of aliphatic carboxylic acids is 1. The Labute approximate surface area is 233 Å². The number of halogens is 1. The fourth-order valence-electron chi connectivity index (χ4n) is 3.83. The molecule has 38 heavy (non-hydrogen) atoms. The Kier molecular flexibility index (Phi) is 7.59. The normalized spacial score (nSPS) is 14.3. The summed E-state index contributed by atoms with van der Waals surface area (Å²) >= 11 is 12.5. The number of carbonyl (C=O) groups excluding carboxylic acids is 1. The molecule has 1 aliphatic rings. The average molecular weight is 562 g/mol. The summed E-state index contributed by atoms with van der Waals surface area (Å²) in [7, 11) is 0. The van der Waals surface area contributed by atoms with Crippen LogP contribution in [0.5, 0.6) is 5.75 Å². The van der Waals surface area contributed by atoms with E-state index in [4.69, 9.17) is 38.8 Å². The Morgan fingerprint density at radius 1 is 1.05 bits per heavy atom. The number of rotatable bonds is 8. The second kappa shape index (κ2) is 11.2. The van der Waals surface area contributed by atoms with Crippen LogP contribution in [0.2, 0.25) is 5.02 Å². The zero-order valence-corrected chi connectivity index (χ0v) is 22.2. The van der Waals surface area contributed by atoms with Gasteiger partial charge in [-0.2, -0.15) is 5.10 Å². The Bertz CT molecular complexity index is 1550. The number of thiocarbonyl (C=S) groups is 1. The number of benzene rings is 3. The molecule has 0 aliphatic carbocycles. The van der Waals surface area contributed by atoms with Gasteiger partial charge in [-0.25, -0.2) is 4.68 Å². The van der Waals surface area contributed by atoms with Gasteiger partial charge in [0.1, 0.15) is 23.2 Å². The lowest BCUT2D eigenvalue weighted by Crippen LogP contribution is -2.33. The van der Waals surface area contributed by atoms with E-state index in [1.54, 1.807) is 10.8 Å². The second-order valence-electron chi connectivity index (χ2n) is 8.28. The van der Waals surface area contributed by atoms with E-state index in [9.17, 15) is 9.59 Å². The first kappa shape index (κ1) is 25.7. The van der Waals surface area contributed by atoms with Crippen molar-refractivity contribution in [2.45, 2.75) is 6.61 Å². The first-order valence-corrected chi connectivity index (χ1v) is 13.1. The van der Waals surface area contributed by atoms with Crippen molar-refractivity contribution in [3.05, 3.63) is 106 Å². The monoisotopic (exact) mass is 561 g/mol. The van der Waals surface area contributed by atoms with Crippen molar-refractivity contribution < 1.29 is 19.4 Å². The molecule has 3 aromatic carbocycles. The molecule has 0 atom stereocenters. The summed E-state index contributed by atoms with van der Waals surface area (Å²) in [5, 5.41) is 14.6. The first-order chi connectivity index (χ1) is 18.4. The fraction of sp³-hybridized carbons (Fsp3) is 0.0714. The van der Waals surface area contributed by atoms with Gasteiger partial charge in [-0.3, -0.25) is 14.5 Å². The lowest BCUT2D eigenvalue weighted by Gasteiger charge is -2.10. The highest BCUT2D eigenvalue weighted by atomic mass is 35.5. The van der Waals surface area contributed by atoms with Crippen molar-refractivity contribution >= 4 is 57.9 Å². The van der Waals surface area contributed by atoms with Crippen LogP contribution >= 0.6 is 35.6 Å². The van der Waals surface area contributed by atoms with E-state index in [1.165, 1.54) is 0 Å². The standard InChI is InChI=1S/C28H20ClN3O4S2/c29-23-9-5-4-6-19(23)17-36-22-12-10-18(11-13-22)26-20(15-32(30-26)21-7-2-1-3-8-21)14-24-27(35)31(16-25(33)34)28(37)38-24/h1-15H,16-17H2,(H,33,34). The Morgan fingerprint density at radius 3 is 2.47 bits per heavy atom. The molecular weight excluding hydrogens is 542 g/mol. The van der Waals surface area contributed by atoms with Gasteiger partial charge in [0.05, 0.1) is 16.3 Å². The molecule has 0 spiro atoms. The number of aromatic nitrogens is 2. The smallest absolute Gasteiger partial charge is 0.323 e. The van der Waals surface area contributed by atoms with Crippen LogP contribution in [0, 0.1) is 0 Å². The summed E-state index contributed by atoms with van der Waals surface area (Å²) in [6.07, 6.45) is 3.53. The summed E-state index contributed by atoms with van der Waals surface area (Å²) in [5.41, 5.74) is 3.90. The maximum atomic E-state index is 12.9. The molecule has 4 aromatic rings. The molecule has 0 unspecified atom stereocenters. The van der Waals surface area contributed by atoms with E-state index in [1.807, 2.05) is 85.1 Å². The molecule has 1 aliphatic heterocycles. The van der Waals surface area contributed by atoms with E-state index >= 15 is 0 Å². The van der Waals surface area contributed by atoms with Crippen LogP contribution < -0.4 is 4.74 Å². The molecule has 1 saturated heterocycles. The number of ether oxygens (including phenoxy) is 1. The van der Waals surface area contributed by atoms with Crippen LogP contribution in [0.25, 0.3) is 23.0 Å². The van der Waals surface area contributed by atoms with Crippen LogP contribution in [0.3, 0.4) is 0 Å². The molecule has 0 bridgehead atoms. The number of carboxylic acid groups (broad SMARTS) is 1. The summed E-state index contributed by atoms with van der Waals surface area (Å²) in [5.74, 6) is -0.895. The lowest BCUT2D eigenvalue weighted by atomic mass is 10.1. The van der Waals surface area contributed by atoms with E-state index in [0.29, 0.717) is 33.5 Å². The van der Waals surface area contributed by atoms with E-state index in [2.05, 4.69) is 0 Å². The summed E-state index contributed by atoms with van der Waals surface area (Å²) in [6, 6.07) is 24.6. The predicted octanol–water partition coefficient (Wildman–Crippen LogP) is 6.06. The zero-order valence-electron chi connectivity index (χ0n) is 19.8. The van der Waals surface area contributed by atoms with Crippen LogP contribution in [0.1, 0.15) is 11.1 Å². The minimum Gasteiger partial charge on any atom is -0.489 e. The van der Waals surface area contributed by atoms with E-state index in [-0.39, 0.29) is 4.32 Å². The number of thioether (sulfide) groups is 1. The van der Waals surface area contributed by atoms with E-state index < -0.39 is 18.4 Å². The van der Waals surface area contributed by atoms with Crippen molar-refractivity contribution in [2.75, 3.05) is 6.54 Å². The van der Waals surface area contributed by atoms with Crippen molar-refractivity contribution in [1.82, 2.24) is 14.7 Å². The number of para-hydroxylation sites is 1. The number of hydrogen-bond acceptors (Lipinski definition) is 6. The molecule has 190 valence electrons. The average Bonchev–Trinajstić information content (AvgIpc) is 3.45. The third-order valence-corrected chi connectivity index (χ3v) is 7.44. The van der Waals surface area contributed by atoms with Crippen LogP contribution in [0.15, 0.2) is 90.0 Å². The highest BCUT2D eigenvalue weighted by Gasteiger charge is 2.33. The van der Waals surface area contributed by atoms with Gasteiger partial charge >= 0.3 is 5.97 Å². The highest BCUT2D eigenvalue weighted by molar-refractivity contribution is 8.26. The number of carboxylic acids is 1. The topological polar surface area (TPSA) is 84.7 Å². The molecule has 1 fully saturated rings.